The molecule has 0 atom stereocenters. The fourth-order valence-corrected chi connectivity index (χ4v) is 2.12. The Morgan fingerprint density at radius 1 is 1.13 bits per heavy atom. The third-order valence-electron chi connectivity index (χ3n) is 3.04. The topological polar surface area (TPSA) is 49.4 Å². The predicted octanol–water partition coefficient (Wildman–Crippen LogP) is 3.61. The number of nitrogens with one attached hydrogen (secondary N) is 1. The number of carbonyl (C=O) groups excluding carboxylic acids is 2. The smallest absolute Gasteiger partial charge is 0.244 e. The number of rotatable bonds is 4. The first-order chi connectivity index (χ1) is 10.9. The molecule has 0 fully saturated rings. The van der Waals surface area contributed by atoms with E-state index in [1.807, 2.05) is 0 Å². The molecule has 0 saturated carbocycles. The van der Waals surface area contributed by atoms with Crippen molar-refractivity contribution >= 4 is 34.8 Å². The lowest BCUT2D eigenvalue weighted by Crippen LogP contribution is -2.36. The number of anilines is 2. The summed E-state index contributed by atoms with van der Waals surface area (Å²) >= 11 is 5.94. The lowest BCUT2D eigenvalue weighted by molar-refractivity contribution is -0.120. The van der Waals surface area contributed by atoms with Gasteiger partial charge in [-0.15, -0.1) is 0 Å². The molecule has 0 heterocycles. The SMILES string of the molecule is CC(=O)N(CC(=O)Nc1ccccc1Cl)c1ccc(F)c(F)c1. The quantitative estimate of drug-likeness (QED) is 0.925. The van der Waals surface area contributed by atoms with Crippen LogP contribution in [-0.2, 0) is 9.59 Å². The monoisotopic (exact) mass is 338 g/mol. The minimum Gasteiger partial charge on any atom is -0.323 e. The van der Waals surface area contributed by atoms with Gasteiger partial charge in [-0.1, -0.05) is 23.7 Å². The average molecular weight is 339 g/mol. The molecule has 0 aliphatic carbocycles. The van der Waals surface area contributed by atoms with E-state index in [1.54, 1.807) is 24.3 Å². The van der Waals surface area contributed by atoms with Crippen molar-refractivity contribution in [3.05, 3.63) is 59.1 Å². The number of halogens is 3. The Balaban J connectivity index is 2.16. The number of benzene rings is 2. The zero-order chi connectivity index (χ0) is 17.0. The van der Waals surface area contributed by atoms with Crippen LogP contribution in [0.15, 0.2) is 42.5 Å². The fraction of sp³-hybridized carbons (Fsp3) is 0.125. The van der Waals surface area contributed by atoms with Crippen LogP contribution < -0.4 is 10.2 Å². The Morgan fingerprint density at radius 3 is 2.43 bits per heavy atom. The molecule has 2 rings (SSSR count). The van der Waals surface area contributed by atoms with Crippen molar-refractivity contribution in [3.63, 3.8) is 0 Å². The van der Waals surface area contributed by atoms with Crippen molar-refractivity contribution in [2.45, 2.75) is 6.92 Å². The van der Waals surface area contributed by atoms with Crippen LogP contribution in [0.1, 0.15) is 6.92 Å². The molecule has 0 aromatic heterocycles. The molecule has 0 bridgehead atoms. The predicted molar refractivity (Wildman–Crippen MR) is 84.5 cm³/mol. The summed E-state index contributed by atoms with van der Waals surface area (Å²) in [5.41, 5.74) is 0.485. The zero-order valence-electron chi connectivity index (χ0n) is 12.1. The van der Waals surface area contributed by atoms with Gasteiger partial charge in [-0.25, -0.2) is 8.78 Å². The first-order valence-corrected chi connectivity index (χ1v) is 7.04. The van der Waals surface area contributed by atoms with E-state index in [0.717, 1.165) is 17.0 Å². The standard InChI is InChI=1S/C16H13ClF2N2O2/c1-10(22)21(11-6-7-13(18)14(19)8-11)9-16(23)20-15-5-3-2-4-12(15)17/h2-8H,9H2,1H3,(H,20,23). The highest BCUT2D eigenvalue weighted by molar-refractivity contribution is 6.33. The third kappa shape index (κ3) is 4.26. The summed E-state index contributed by atoms with van der Waals surface area (Å²) in [4.78, 5) is 24.8. The van der Waals surface area contributed by atoms with Gasteiger partial charge in [0.05, 0.1) is 10.7 Å². The molecule has 0 radical (unpaired) electrons. The minimum atomic E-state index is -1.10. The summed E-state index contributed by atoms with van der Waals surface area (Å²) < 4.78 is 26.3. The van der Waals surface area contributed by atoms with E-state index in [1.165, 1.54) is 13.0 Å². The Hall–Kier alpha value is -2.47. The van der Waals surface area contributed by atoms with Crippen molar-refractivity contribution in [2.24, 2.45) is 0 Å². The van der Waals surface area contributed by atoms with E-state index < -0.39 is 23.4 Å². The summed E-state index contributed by atoms with van der Waals surface area (Å²) in [5.74, 6) is -3.12. The number of hydrogen-bond donors (Lipinski definition) is 1. The second kappa shape index (κ2) is 7.19. The molecule has 1 N–H and O–H groups in total. The van der Waals surface area contributed by atoms with E-state index in [0.29, 0.717) is 10.7 Å². The normalized spacial score (nSPS) is 10.3. The highest BCUT2D eigenvalue weighted by Gasteiger charge is 2.18. The molecule has 2 aromatic rings. The number of para-hydroxylation sites is 1. The Kier molecular flexibility index (Phi) is 5.28. The van der Waals surface area contributed by atoms with Gasteiger partial charge in [0.15, 0.2) is 11.6 Å². The van der Waals surface area contributed by atoms with Crippen LogP contribution in [0.4, 0.5) is 20.2 Å². The third-order valence-corrected chi connectivity index (χ3v) is 3.37. The number of amides is 2. The van der Waals surface area contributed by atoms with Crippen LogP contribution in [-0.4, -0.2) is 18.4 Å². The Bertz CT molecular complexity index is 753. The van der Waals surface area contributed by atoms with Crippen LogP contribution in [0.25, 0.3) is 0 Å². The molecule has 0 unspecified atom stereocenters. The summed E-state index contributed by atoms with van der Waals surface area (Å²) in [5, 5.41) is 2.91. The summed E-state index contributed by atoms with van der Waals surface area (Å²) in [7, 11) is 0. The van der Waals surface area contributed by atoms with E-state index in [2.05, 4.69) is 5.32 Å². The van der Waals surface area contributed by atoms with Crippen LogP contribution in [0.5, 0.6) is 0 Å². The molecule has 2 amide bonds. The van der Waals surface area contributed by atoms with E-state index in [4.69, 9.17) is 11.6 Å². The van der Waals surface area contributed by atoms with Gasteiger partial charge in [0.25, 0.3) is 0 Å². The molecule has 0 saturated heterocycles. The summed E-state index contributed by atoms with van der Waals surface area (Å²) in [6.45, 7) is 0.871. The minimum absolute atomic E-state index is 0.0886. The van der Waals surface area contributed by atoms with Crippen LogP contribution in [0.2, 0.25) is 5.02 Å². The van der Waals surface area contributed by atoms with Crippen molar-refractivity contribution < 1.29 is 18.4 Å². The number of nitrogens with zero attached hydrogens (tertiary/aromatic N) is 1. The van der Waals surface area contributed by atoms with Gasteiger partial charge in [-0.2, -0.15) is 0 Å². The van der Waals surface area contributed by atoms with E-state index in [9.17, 15) is 18.4 Å². The summed E-state index contributed by atoms with van der Waals surface area (Å²) in [6, 6.07) is 9.60. The molecule has 2 aromatic carbocycles. The van der Waals surface area contributed by atoms with Gasteiger partial charge in [-0.3, -0.25) is 9.59 Å². The first kappa shape index (κ1) is 16.9. The maximum Gasteiger partial charge on any atom is 0.244 e. The summed E-state index contributed by atoms with van der Waals surface area (Å²) in [6.07, 6.45) is 0. The maximum absolute atomic E-state index is 13.3. The molecule has 0 aliphatic rings. The van der Waals surface area contributed by atoms with Gasteiger partial charge in [0.1, 0.15) is 6.54 Å². The van der Waals surface area contributed by atoms with Crippen molar-refractivity contribution in [3.8, 4) is 0 Å². The number of hydrogen-bond acceptors (Lipinski definition) is 2. The molecule has 4 nitrogen and oxygen atoms in total. The van der Waals surface area contributed by atoms with Crippen LogP contribution in [0, 0.1) is 11.6 Å². The van der Waals surface area contributed by atoms with Gasteiger partial charge < -0.3 is 10.2 Å². The first-order valence-electron chi connectivity index (χ1n) is 6.66. The van der Waals surface area contributed by atoms with Gasteiger partial charge in [0, 0.05) is 18.7 Å². The second-order valence-corrected chi connectivity index (χ2v) is 5.14. The van der Waals surface area contributed by atoms with Crippen molar-refractivity contribution in [1.82, 2.24) is 0 Å². The Labute approximate surface area is 136 Å². The largest absolute Gasteiger partial charge is 0.323 e. The molecule has 0 spiro atoms. The van der Waals surface area contributed by atoms with E-state index >= 15 is 0 Å². The van der Waals surface area contributed by atoms with Crippen LogP contribution >= 0.6 is 11.6 Å². The molecule has 23 heavy (non-hydrogen) atoms. The Morgan fingerprint density at radius 2 is 1.83 bits per heavy atom. The van der Waals surface area contributed by atoms with Gasteiger partial charge in [0.2, 0.25) is 11.8 Å². The molecule has 120 valence electrons. The average Bonchev–Trinajstić information content (AvgIpc) is 2.50. The lowest BCUT2D eigenvalue weighted by atomic mass is 10.2. The van der Waals surface area contributed by atoms with E-state index in [-0.39, 0.29) is 12.2 Å². The highest BCUT2D eigenvalue weighted by atomic mass is 35.5. The van der Waals surface area contributed by atoms with Crippen LogP contribution in [0.3, 0.4) is 0 Å². The molecular weight excluding hydrogens is 326 g/mol. The second-order valence-electron chi connectivity index (χ2n) is 4.73. The zero-order valence-corrected chi connectivity index (χ0v) is 12.9. The van der Waals surface area contributed by atoms with Crippen molar-refractivity contribution in [1.29, 1.82) is 0 Å². The molecular formula is C16H13ClF2N2O2. The lowest BCUT2D eigenvalue weighted by Gasteiger charge is -2.21. The molecule has 0 aliphatic heterocycles. The highest BCUT2D eigenvalue weighted by Crippen LogP contribution is 2.21. The van der Waals surface area contributed by atoms with Crippen molar-refractivity contribution in [2.75, 3.05) is 16.8 Å². The van der Waals surface area contributed by atoms with Gasteiger partial charge >= 0.3 is 0 Å². The fourth-order valence-electron chi connectivity index (χ4n) is 1.93. The maximum atomic E-state index is 13.3. The molecule has 7 heteroatoms. The van der Waals surface area contributed by atoms with Gasteiger partial charge in [-0.05, 0) is 24.3 Å². The number of carbonyl (C=O) groups is 2.